The van der Waals surface area contributed by atoms with E-state index in [0.717, 1.165) is 25.1 Å². The molecule has 2 atom stereocenters. The van der Waals surface area contributed by atoms with Crippen molar-refractivity contribution >= 4 is 5.78 Å². The molecule has 1 fully saturated rings. The van der Waals surface area contributed by atoms with E-state index < -0.39 is 29.7 Å². The van der Waals surface area contributed by atoms with Crippen LogP contribution >= 0.6 is 0 Å². The Morgan fingerprint density at radius 3 is 2.39 bits per heavy atom. The maximum atomic E-state index is 15.4. The second kappa shape index (κ2) is 12.3. The zero-order chi connectivity index (χ0) is 26.3. The van der Waals surface area contributed by atoms with Crippen LogP contribution in [0.25, 0.3) is 0 Å². The van der Waals surface area contributed by atoms with Crippen LogP contribution in [-0.4, -0.2) is 73.3 Å². The molecule has 0 aromatic heterocycles. The first-order valence-electron chi connectivity index (χ1n) is 12.3. The Hall–Kier alpha value is -2.33. The number of alkyl halides is 4. The fraction of sp³-hybridized carbons (Fsp3) is 0.519. The topological polar surface area (TPSA) is 55.8 Å². The predicted octanol–water partition coefficient (Wildman–Crippen LogP) is 4.47. The summed E-state index contributed by atoms with van der Waals surface area (Å²) < 4.78 is 54.8. The van der Waals surface area contributed by atoms with Gasteiger partial charge in [-0.1, -0.05) is 42.5 Å². The van der Waals surface area contributed by atoms with Gasteiger partial charge in [0.25, 0.3) is 0 Å². The summed E-state index contributed by atoms with van der Waals surface area (Å²) >= 11 is 0. The highest BCUT2D eigenvalue weighted by Crippen LogP contribution is 2.37. The van der Waals surface area contributed by atoms with Crippen molar-refractivity contribution in [2.24, 2.45) is 0 Å². The second-order valence-electron chi connectivity index (χ2n) is 9.71. The van der Waals surface area contributed by atoms with Crippen LogP contribution in [0, 0.1) is 0 Å². The van der Waals surface area contributed by atoms with Crippen molar-refractivity contribution in [3.8, 4) is 0 Å². The summed E-state index contributed by atoms with van der Waals surface area (Å²) in [7, 11) is 3.92. The molecule has 0 bridgehead atoms. The first-order chi connectivity index (χ1) is 17.0. The SMILES string of the molecule is CN(C)CCCNC(CC(F)N1CCC(O)(c2cccc(C(F)(F)F)c2)CC1)C(=O)c1ccccc1. The van der Waals surface area contributed by atoms with Crippen LogP contribution in [0.1, 0.15) is 47.2 Å². The van der Waals surface area contributed by atoms with E-state index in [4.69, 9.17) is 0 Å². The maximum absolute atomic E-state index is 15.4. The van der Waals surface area contributed by atoms with Crippen molar-refractivity contribution < 1.29 is 27.5 Å². The lowest BCUT2D eigenvalue weighted by atomic mass is 9.83. The van der Waals surface area contributed by atoms with Crippen molar-refractivity contribution in [1.82, 2.24) is 15.1 Å². The van der Waals surface area contributed by atoms with E-state index in [1.807, 2.05) is 25.1 Å². The molecule has 3 rings (SSSR count). The summed E-state index contributed by atoms with van der Waals surface area (Å²) in [6.45, 7) is 1.73. The zero-order valence-corrected chi connectivity index (χ0v) is 20.8. The smallest absolute Gasteiger partial charge is 0.385 e. The molecule has 36 heavy (non-hydrogen) atoms. The van der Waals surface area contributed by atoms with Crippen LogP contribution in [0.4, 0.5) is 17.6 Å². The number of hydrogen-bond acceptors (Lipinski definition) is 5. The van der Waals surface area contributed by atoms with Crippen LogP contribution < -0.4 is 5.32 Å². The Morgan fingerprint density at radius 1 is 1.11 bits per heavy atom. The number of carbonyl (C=O) groups is 1. The van der Waals surface area contributed by atoms with E-state index in [9.17, 15) is 23.1 Å². The largest absolute Gasteiger partial charge is 0.416 e. The molecular weight excluding hydrogens is 474 g/mol. The summed E-state index contributed by atoms with van der Waals surface area (Å²) in [6.07, 6.45) is -5.00. The molecular formula is C27H35F4N3O2. The van der Waals surface area contributed by atoms with Gasteiger partial charge in [0.2, 0.25) is 0 Å². The molecule has 1 heterocycles. The number of carbonyl (C=O) groups excluding carboxylic acids is 1. The number of Topliss-reactive ketones (excluding diaryl/α,β-unsaturated/α-hetero) is 1. The summed E-state index contributed by atoms with van der Waals surface area (Å²) in [5, 5.41) is 14.3. The lowest BCUT2D eigenvalue weighted by molar-refractivity contribution is -0.137. The van der Waals surface area contributed by atoms with Crippen molar-refractivity contribution in [3.63, 3.8) is 0 Å². The molecule has 5 nitrogen and oxygen atoms in total. The van der Waals surface area contributed by atoms with E-state index in [1.165, 1.54) is 12.1 Å². The standard InChI is InChI=1S/C27H35F4N3O2/c1-33(2)15-7-14-32-23(25(35)20-8-4-3-5-9-20)19-24(28)34-16-12-26(36,13-17-34)21-10-6-11-22(18-21)27(29,30)31/h3-6,8-11,18,23-24,32,36H,7,12-17,19H2,1-2H3. The number of nitrogens with one attached hydrogen (secondary N) is 1. The molecule has 2 aromatic rings. The Morgan fingerprint density at radius 2 is 1.78 bits per heavy atom. The Bertz CT molecular complexity index is 976. The van der Waals surface area contributed by atoms with Crippen LogP contribution in [0.2, 0.25) is 0 Å². The second-order valence-corrected chi connectivity index (χ2v) is 9.71. The molecule has 2 N–H and O–H groups in total. The third-order valence-corrected chi connectivity index (χ3v) is 6.73. The highest BCUT2D eigenvalue weighted by molar-refractivity contribution is 6.00. The number of nitrogens with zero attached hydrogens (tertiary/aromatic N) is 2. The highest BCUT2D eigenvalue weighted by atomic mass is 19.4. The van der Waals surface area contributed by atoms with Gasteiger partial charge in [0.15, 0.2) is 12.1 Å². The van der Waals surface area contributed by atoms with Gasteiger partial charge >= 0.3 is 6.18 Å². The Labute approximate surface area is 210 Å². The summed E-state index contributed by atoms with van der Waals surface area (Å²) in [5.74, 6) is -0.180. The number of piperidine rings is 1. The van der Waals surface area contributed by atoms with Crippen molar-refractivity contribution in [2.45, 2.75) is 49.8 Å². The average Bonchev–Trinajstić information content (AvgIpc) is 2.85. The molecule has 0 aliphatic carbocycles. The number of hydrogen-bond donors (Lipinski definition) is 2. The molecule has 0 saturated carbocycles. The van der Waals surface area contributed by atoms with E-state index >= 15 is 4.39 Å². The number of ketones is 1. The first-order valence-corrected chi connectivity index (χ1v) is 12.3. The predicted molar refractivity (Wildman–Crippen MR) is 131 cm³/mol. The summed E-state index contributed by atoms with van der Waals surface area (Å²) in [4.78, 5) is 16.7. The molecule has 2 unspecified atom stereocenters. The molecule has 2 aromatic carbocycles. The van der Waals surface area contributed by atoms with Crippen LogP contribution in [0.3, 0.4) is 0 Å². The summed E-state index contributed by atoms with van der Waals surface area (Å²) in [6, 6.07) is 12.7. The van der Waals surface area contributed by atoms with Crippen molar-refractivity contribution in [3.05, 3.63) is 71.3 Å². The normalized spacial score (nSPS) is 18.2. The molecule has 198 valence electrons. The third kappa shape index (κ3) is 7.59. The van der Waals surface area contributed by atoms with Gasteiger partial charge in [0, 0.05) is 25.1 Å². The van der Waals surface area contributed by atoms with Gasteiger partial charge in [-0.25, -0.2) is 4.39 Å². The molecule has 0 radical (unpaired) electrons. The average molecular weight is 510 g/mol. The molecule has 0 amide bonds. The quantitative estimate of drug-likeness (QED) is 0.203. The lowest BCUT2D eigenvalue weighted by Gasteiger charge is -2.40. The minimum Gasteiger partial charge on any atom is -0.385 e. The van der Waals surface area contributed by atoms with Crippen LogP contribution in [0.5, 0.6) is 0 Å². The van der Waals surface area contributed by atoms with E-state index in [-0.39, 0.29) is 43.7 Å². The summed E-state index contributed by atoms with van der Waals surface area (Å²) in [5.41, 5.74) is -1.58. The van der Waals surface area contributed by atoms with Gasteiger partial charge in [-0.15, -0.1) is 0 Å². The van der Waals surface area contributed by atoms with Crippen LogP contribution in [0.15, 0.2) is 54.6 Å². The molecule has 1 aliphatic heterocycles. The van der Waals surface area contributed by atoms with E-state index in [1.54, 1.807) is 29.2 Å². The van der Waals surface area contributed by atoms with Gasteiger partial charge < -0.3 is 15.3 Å². The number of rotatable bonds is 11. The molecule has 1 aliphatic rings. The number of halogens is 4. The Balaban J connectivity index is 1.64. The monoisotopic (exact) mass is 509 g/mol. The maximum Gasteiger partial charge on any atom is 0.416 e. The first kappa shape index (κ1) is 28.2. The fourth-order valence-corrected chi connectivity index (χ4v) is 4.55. The van der Waals surface area contributed by atoms with E-state index in [2.05, 4.69) is 5.32 Å². The van der Waals surface area contributed by atoms with Crippen molar-refractivity contribution in [2.75, 3.05) is 40.3 Å². The fourth-order valence-electron chi connectivity index (χ4n) is 4.55. The number of aliphatic hydroxyl groups is 1. The number of likely N-dealkylation sites (tertiary alicyclic amines) is 1. The van der Waals surface area contributed by atoms with Gasteiger partial charge in [-0.3, -0.25) is 9.69 Å². The van der Waals surface area contributed by atoms with Crippen molar-refractivity contribution in [1.29, 1.82) is 0 Å². The van der Waals surface area contributed by atoms with Gasteiger partial charge in [-0.2, -0.15) is 13.2 Å². The Kier molecular flexibility index (Phi) is 9.63. The van der Waals surface area contributed by atoms with Gasteiger partial charge in [0.1, 0.15) is 0 Å². The molecule has 9 heteroatoms. The molecule has 1 saturated heterocycles. The van der Waals surface area contributed by atoms with Gasteiger partial charge in [0.05, 0.1) is 17.2 Å². The minimum atomic E-state index is -4.50. The minimum absolute atomic E-state index is 0.0579. The lowest BCUT2D eigenvalue weighted by Crippen LogP contribution is -2.49. The van der Waals surface area contributed by atoms with Gasteiger partial charge in [-0.05, 0) is 64.1 Å². The van der Waals surface area contributed by atoms with E-state index in [0.29, 0.717) is 12.1 Å². The third-order valence-electron chi connectivity index (χ3n) is 6.73. The highest BCUT2D eigenvalue weighted by Gasteiger charge is 2.39. The number of benzene rings is 2. The zero-order valence-electron chi connectivity index (χ0n) is 20.8. The van der Waals surface area contributed by atoms with Crippen LogP contribution in [-0.2, 0) is 11.8 Å². The molecule has 0 spiro atoms.